The summed E-state index contributed by atoms with van der Waals surface area (Å²) in [6.07, 6.45) is -0.260. The summed E-state index contributed by atoms with van der Waals surface area (Å²) in [5.41, 5.74) is 1.41. The highest BCUT2D eigenvalue weighted by molar-refractivity contribution is 6.05. The number of fused-ring (bicyclic) bond motifs is 2. The van der Waals surface area contributed by atoms with Gasteiger partial charge >= 0.3 is 6.18 Å². The van der Waals surface area contributed by atoms with Crippen LogP contribution in [0.4, 0.5) is 19.0 Å². The maximum Gasteiger partial charge on any atom is 0.434 e. The summed E-state index contributed by atoms with van der Waals surface area (Å²) in [6.45, 7) is 1.85. The van der Waals surface area contributed by atoms with E-state index >= 15 is 0 Å². The van der Waals surface area contributed by atoms with E-state index in [0.717, 1.165) is 43.2 Å². The standard InChI is InChI=1S/C24H25F3N6O/c1-14-28-18-6-3-5-17(22(18)29-14)23(34)30-15-9-11-16(12-10-15)32(2)21-8-4-7-20-31-19(13-33(20)21)24(25,26)27/h3-8,13,15-16H,9-12H2,1-2H3,(H,28,29)(H,30,34). The summed E-state index contributed by atoms with van der Waals surface area (Å²) in [5, 5.41) is 3.13. The smallest absolute Gasteiger partial charge is 0.358 e. The van der Waals surface area contributed by atoms with E-state index in [1.165, 1.54) is 4.40 Å². The van der Waals surface area contributed by atoms with E-state index < -0.39 is 11.9 Å². The molecule has 10 heteroatoms. The van der Waals surface area contributed by atoms with Crippen molar-refractivity contribution in [2.45, 2.75) is 50.9 Å². The van der Waals surface area contributed by atoms with Crippen molar-refractivity contribution in [3.05, 3.63) is 59.7 Å². The fourth-order valence-corrected chi connectivity index (χ4v) is 4.82. The zero-order valence-corrected chi connectivity index (χ0v) is 18.9. The van der Waals surface area contributed by atoms with E-state index in [2.05, 4.69) is 20.3 Å². The fraction of sp³-hybridized carbons (Fsp3) is 0.375. The van der Waals surface area contributed by atoms with Crippen molar-refractivity contribution in [2.75, 3.05) is 11.9 Å². The predicted octanol–water partition coefficient (Wildman–Crippen LogP) is 4.72. The molecule has 0 aliphatic heterocycles. The van der Waals surface area contributed by atoms with Crippen LogP contribution in [0, 0.1) is 6.92 Å². The second-order valence-corrected chi connectivity index (χ2v) is 8.85. The van der Waals surface area contributed by atoms with Gasteiger partial charge in [0.25, 0.3) is 5.91 Å². The lowest BCUT2D eigenvalue weighted by Crippen LogP contribution is -2.43. The number of anilines is 1. The minimum atomic E-state index is -4.49. The number of halogens is 3. The van der Waals surface area contributed by atoms with Gasteiger partial charge in [-0.1, -0.05) is 12.1 Å². The van der Waals surface area contributed by atoms with Crippen molar-refractivity contribution in [3.8, 4) is 0 Å². The van der Waals surface area contributed by atoms with Crippen molar-refractivity contribution in [2.24, 2.45) is 0 Å². The lowest BCUT2D eigenvalue weighted by molar-refractivity contribution is -0.140. The Morgan fingerprint density at radius 1 is 1.12 bits per heavy atom. The van der Waals surface area contributed by atoms with E-state index in [0.29, 0.717) is 16.9 Å². The topological polar surface area (TPSA) is 78.3 Å². The van der Waals surface area contributed by atoms with E-state index in [1.807, 2.05) is 31.0 Å². The van der Waals surface area contributed by atoms with Gasteiger partial charge in [0.05, 0.1) is 11.1 Å². The number of imidazole rings is 2. The highest BCUT2D eigenvalue weighted by Crippen LogP contribution is 2.32. The molecule has 2 N–H and O–H groups in total. The summed E-state index contributed by atoms with van der Waals surface area (Å²) in [6, 6.07) is 10.8. The van der Waals surface area contributed by atoms with Gasteiger partial charge in [0.1, 0.15) is 22.8 Å². The second-order valence-electron chi connectivity index (χ2n) is 8.85. The quantitative estimate of drug-likeness (QED) is 0.453. The number of rotatable bonds is 4. The Bertz CT molecular complexity index is 1350. The van der Waals surface area contributed by atoms with Gasteiger partial charge in [-0.25, -0.2) is 9.97 Å². The van der Waals surface area contributed by atoms with Crippen LogP contribution < -0.4 is 10.2 Å². The number of para-hydroxylation sites is 1. The number of aromatic amines is 1. The first kappa shape index (κ1) is 22.2. The van der Waals surface area contributed by atoms with Gasteiger partial charge in [-0.15, -0.1) is 0 Å². The number of carbonyl (C=O) groups excluding carboxylic acids is 1. The molecule has 1 aromatic carbocycles. The van der Waals surface area contributed by atoms with Crippen molar-refractivity contribution < 1.29 is 18.0 Å². The first-order valence-corrected chi connectivity index (χ1v) is 11.2. The van der Waals surface area contributed by atoms with Crippen molar-refractivity contribution in [3.63, 3.8) is 0 Å². The summed E-state index contributed by atoms with van der Waals surface area (Å²) >= 11 is 0. The van der Waals surface area contributed by atoms with Crippen LogP contribution >= 0.6 is 0 Å². The third-order valence-electron chi connectivity index (χ3n) is 6.58. The Labute approximate surface area is 194 Å². The number of H-pyrrole nitrogens is 1. The Kier molecular flexibility index (Phi) is 5.45. The first-order valence-electron chi connectivity index (χ1n) is 11.2. The van der Waals surface area contributed by atoms with Crippen LogP contribution in [0.5, 0.6) is 0 Å². The van der Waals surface area contributed by atoms with E-state index in [1.54, 1.807) is 24.3 Å². The zero-order valence-electron chi connectivity index (χ0n) is 18.9. The Balaban J connectivity index is 1.26. The number of alkyl halides is 3. The maximum atomic E-state index is 13.1. The largest absolute Gasteiger partial charge is 0.434 e. The van der Waals surface area contributed by atoms with Crippen molar-refractivity contribution in [1.82, 2.24) is 24.7 Å². The van der Waals surface area contributed by atoms with Gasteiger partial charge in [-0.05, 0) is 56.9 Å². The van der Waals surface area contributed by atoms with E-state index in [-0.39, 0.29) is 23.6 Å². The van der Waals surface area contributed by atoms with E-state index in [4.69, 9.17) is 0 Å². The predicted molar refractivity (Wildman–Crippen MR) is 123 cm³/mol. The third kappa shape index (κ3) is 4.08. The molecule has 0 spiro atoms. The van der Waals surface area contributed by atoms with Gasteiger partial charge in [-0.2, -0.15) is 13.2 Å². The zero-order chi connectivity index (χ0) is 24.0. The highest BCUT2D eigenvalue weighted by Gasteiger charge is 2.34. The Morgan fingerprint density at radius 3 is 2.59 bits per heavy atom. The number of hydrogen-bond acceptors (Lipinski definition) is 4. The van der Waals surface area contributed by atoms with Gasteiger partial charge < -0.3 is 15.2 Å². The average Bonchev–Trinajstić information content (AvgIpc) is 3.41. The van der Waals surface area contributed by atoms with Crippen molar-refractivity contribution in [1.29, 1.82) is 0 Å². The summed E-state index contributed by atoms with van der Waals surface area (Å²) in [5.74, 6) is 1.28. The molecule has 0 radical (unpaired) electrons. The summed E-state index contributed by atoms with van der Waals surface area (Å²) < 4.78 is 40.9. The first-order chi connectivity index (χ1) is 16.2. The SMILES string of the molecule is Cc1nc2c(C(=O)NC3CCC(N(C)c4cccc5nc(C(F)(F)F)cn45)CC3)cccc2[nH]1. The normalized spacial score (nSPS) is 19.0. The molecule has 34 heavy (non-hydrogen) atoms. The molecule has 4 aromatic rings. The number of amides is 1. The molecule has 1 aliphatic rings. The van der Waals surface area contributed by atoms with Crippen LogP contribution in [0.1, 0.15) is 47.6 Å². The molecule has 0 bridgehead atoms. The molecular weight excluding hydrogens is 445 g/mol. The molecule has 1 fully saturated rings. The Hall–Kier alpha value is -3.56. The number of nitrogens with one attached hydrogen (secondary N) is 2. The molecule has 3 heterocycles. The molecule has 1 aliphatic carbocycles. The molecule has 0 saturated heterocycles. The maximum absolute atomic E-state index is 13.1. The summed E-state index contributed by atoms with van der Waals surface area (Å²) in [7, 11) is 1.90. The average molecular weight is 470 g/mol. The van der Waals surface area contributed by atoms with Gasteiger partial charge in [0.2, 0.25) is 0 Å². The minimum Gasteiger partial charge on any atom is -0.358 e. The summed E-state index contributed by atoms with van der Waals surface area (Å²) in [4.78, 5) is 26.2. The molecule has 0 atom stereocenters. The molecule has 1 saturated carbocycles. The van der Waals surface area contributed by atoms with Crippen LogP contribution in [0.25, 0.3) is 16.7 Å². The number of aromatic nitrogens is 4. The van der Waals surface area contributed by atoms with Gasteiger partial charge in [0.15, 0.2) is 5.69 Å². The number of nitrogens with zero attached hydrogens (tertiary/aromatic N) is 4. The van der Waals surface area contributed by atoms with E-state index in [9.17, 15) is 18.0 Å². The number of benzene rings is 1. The van der Waals surface area contributed by atoms with Gasteiger partial charge in [-0.3, -0.25) is 9.20 Å². The number of carbonyl (C=O) groups is 1. The number of aryl methyl sites for hydroxylation is 1. The van der Waals surface area contributed by atoms with Crippen LogP contribution in [-0.4, -0.2) is 44.4 Å². The molecule has 0 unspecified atom stereocenters. The molecule has 178 valence electrons. The molecule has 7 nitrogen and oxygen atoms in total. The van der Waals surface area contributed by atoms with Crippen LogP contribution in [0.3, 0.4) is 0 Å². The van der Waals surface area contributed by atoms with Crippen LogP contribution in [0.15, 0.2) is 42.6 Å². The molecule has 3 aromatic heterocycles. The molecule has 5 rings (SSSR count). The minimum absolute atomic E-state index is 0.0355. The number of pyridine rings is 1. The van der Waals surface area contributed by atoms with Crippen LogP contribution in [0.2, 0.25) is 0 Å². The second kappa shape index (κ2) is 8.34. The lowest BCUT2D eigenvalue weighted by Gasteiger charge is -2.36. The van der Waals surface area contributed by atoms with Gasteiger partial charge in [0, 0.05) is 25.3 Å². The highest BCUT2D eigenvalue weighted by atomic mass is 19.4. The van der Waals surface area contributed by atoms with Crippen molar-refractivity contribution >= 4 is 28.4 Å². The van der Waals surface area contributed by atoms with Crippen LogP contribution in [-0.2, 0) is 6.18 Å². The Morgan fingerprint density at radius 2 is 1.85 bits per heavy atom. The molecular formula is C24H25F3N6O. The monoisotopic (exact) mass is 470 g/mol. The lowest BCUT2D eigenvalue weighted by atomic mass is 9.90. The third-order valence-corrected chi connectivity index (χ3v) is 6.58. The molecule has 1 amide bonds. The fourth-order valence-electron chi connectivity index (χ4n) is 4.82. The number of hydrogen-bond donors (Lipinski definition) is 2.